The maximum atomic E-state index is 13.3. The normalized spacial score (nSPS) is 21.5. The van der Waals surface area contributed by atoms with E-state index in [2.05, 4.69) is 10.2 Å². The number of aliphatic carboxylic acids is 1. The van der Waals surface area contributed by atoms with Crippen molar-refractivity contribution in [2.24, 2.45) is 0 Å². The molecular formula is C30H33N3O5. The molecule has 2 fully saturated rings. The van der Waals surface area contributed by atoms with Crippen molar-refractivity contribution >= 4 is 12.1 Å². The SMILES string of the molecule is C[C@@H](c1ccc(-c2ccc(C3(C(=O)O)CC3)nn2)cc1)N1CCC(CC(C)(C)O)(c2ccccc2)OC1=O. The quantitative estimate of drug-likeness (QED) is 0.423. The number of nitrogens with zero attached hydrogens (tertiary/aromatic N) is 3. The molecule has 1 saturated heterocycles. The Morgan fingerprint density at radius 2 is 1.71 bits per heavy atom. The minimum Gasteiger partial charge on any atom is -0.481 e. The molecule has 0 spiro atoms. The average molecular weight is 516 g/mol. The molecule has 1 aliphatic carbocycles. The fourth-order valence-corrected chi connectivity index (χ4v) is 5.45. The molecule has 1 saturated carbocycles. The molecule has 1 amide bonds. The summed E-state index contributed by atoms with van der Waals surface area (Å²) in [6.07, 6.45) is 1.64. The highest BCUT2D eigenvalue weighted by atomic mass is 16.6. The minimum atomic E-state index is -1.01. The fraction of sp³-hybridized carbons (Fsp3) is 0.400. The molecule has 2 N–H and O–H groups in total. The first-order valence-electron chi connectivity index (χ1n) is 13.0. The molecular weight excluding hydrogens is 482 g/mol. The standard InChI is InChI=1S/C30H33N3O5/c1-20(33-18-17-30(38-27(33)36,19-28(2,3)37)23-7-5-4-6-8-23)21-9-11-22(12-10-21)24-13-14-25(32-31-24)29(15-16-29)26(34)35/h4-14,20,37H,15-19H2,1-3H3,(H,34,35)/t20-,30?/m0/s1. The molecule has 0 bridgehead atoms. The number of hydrogen-bond donors (Lipinski definition) is 2. The zero-order valence-electron chi connectivity index (χ0n) is 21.9. The van der Waals surface area contributed by atoms with Crippen molar-refractivity contribution in [3.05, 3.63) is 83.6 Å². The summed E-state index contributed by atoms with van der Waals surface area (Å²) >= 11 is 0. The smallest absolute Gasteiger partial charge is 0.411 e. The number of cyclic esters (lactones) is 1. The lowest BCUT2D eigenvalue weighted by Crippen LogP contribution is -2.51. The van der Waals surface area contributed by atoms with Crippen LogP contribution in [0.4, 0.5) is 4.79 Å². The topological polar surface area (TPSA) is 113 Å². The van der Waals surface area contributed by atoms with Crippen molar-refractivity contribution in [3.63, 3.8) is 0 Å². The van der Waals surface area contributed by atoms with Crippen molar-refractivity contribution in [2.45, 2.75) is 69.1 Å². The number of carbonyl (C=O) groups excluding carboxylic acids is 1. The van der Waals surface area contributed by atoms with Gasteiger partial charge < -0.3 is 19.8 Å². The van der Waals surface area contributed by atoms with Crippen molar-refractivity contribution in [3.8, 4) is 11.3 Å². The molecule has 5 rings (SSSR count). The Balaban J connectivity index is 1.30. The summed E-state index contributed by atoms with van der Waals surface area (Å²) in [6, 6.07) is 20.7. The molecule has 2 heterocycles. The van der Waals surface area contributed by atoms with Crippen LogP contribution in [-0.2, 0) is 20.5 Å². The fourth-order valence-electron chi connectivity index (χ4n) is 5.45. The Hall–Kier alpha value is -3.78. The number of ether oxygens (including phenoxy) is 1. The number of carbonyl (C=O) groups is 2. The number of aromatic nitrogens is 2. The van der Waals surface area contributed by atoms with Crippen LogP contribution in [0.5, 0.6) is 0 Å². The van der Waals surface area contributed by atoms with Crippen molar-refractivity contribution in [1.29, 1.82) is 0 Å². The van der Waals surface area contributed by atoms with Gasteiger partial charge in [-0.15, -0.1) is 0 Å². The average Bonchev–Trinajstić information content (AvgIpc) is 3.71. The summed E-state index contributed by atoms with van der Waals surface area (Å²) in [5, 5.41) is 28.5. The second-order valence-corrected chi connectivity index (χ2v) is 11.1. The van der Waals surface area contributed by atoms with Crippen molar-refractivity contribution in [2.75, 3.05) is 6.54 Å². The van der Waals surface area contributed by atoms with Gasteiger partial charge in [0.25, 0.3) is 0 Å². The van der Waals surface area contributed by atoms with Crippen LogP contribution >= 0.6 is 0 Å². The van der Waals surface area contributed by atoms with Gasteiger partial charge in [-0.1, -0.05) is 54.6 Å². The van der Waals surface area contributed by atoms with Gasteiger partial charge in [0.15, 0.2) is 0 Å². The van der Waals surface area contributed by atoms with Crippen LogP contribution in [0.3, 0.4) is 0 Å². The molecule has 1 aliphatic heterocycles. The van der Waals surface area contributed by atoms with Crippen LogP contribution < -0.4 is 0 Å². The van der Waals surface area contributed by atoms with E-state index in [0.717, 1.165) is 16.7 Å². The molecule has 2 aromatic carbocycles. The summed E-state index contributed by atoms with van der Waals surface area (Å²) in [4.78, 5) is 26.6. The lowest BCUT2D eigenvalue weighted by atomic mass is 9.80. The van der Waals surface area contributed by atoms with E-state index < -0.39 is 28.7 Å². The first-order valence-corrected chi connectivity index (χ1v) is 13.0. The third-order valence-corrected chi connectivity index (χ3v) is 7.76. The highest BCUT2D eigenvalue weighted by molar-refractivity contribution is 5.84. The molecule has 2 aliphatic rings. The van der Waals surface area contributed by atoms with Gasteiger partial charge in [-0.25, -0.2) is 4.79 Å². The van der Waals surface area contributed by atoms with E-state index >= 15 is 0 Å². The van der Waals surface area contributed by atoms with Gasteiger partial charge in [0, 0.05) is 24.9 Å². The largest absolute Gasteiger partial charge is 0.481 e. The Morgan fingerprint density at radius 3 is 2.24 bits per heavy atom. The zero-order chi connectivity index (χ0) is 27.1. The Kier molecular flexibility index (Phi) is 6.47. The third-order valence-electron chi connectivity index (χ3n) is 7.76. The number of aliphatic hydroxyl groups is 1. The zero-order valence-corrected chi connectivity index (χ0v) is 21.9. The first kappa shape index (κ1) is 25.9. The Morgan fingerprint density at radius 1 is 1.03 bits per heavy atom. The molecule has 1 unspecified atom stereocenters. The lowest BCUT2D eigenvalue weighted by Gasteiger charge is -2.45. The van der Waals surface area contributed by atoms with Crippen molar-refractivity contribution in [1.82, 2.24) is 15.1 Å². The van der Waals surface area contributed by atoms with Gasteiger partial charge in [-0.3, -0.25) is 4.79 Å². The van der Waals surface area contributed by atoms with Crippen LogP contribution in [0.2, 0.25) is 0 Å². The minimum absolute atomic E-state index is 0.216. The predicted octanol–water partition coefficient (Wildman–Crippen LogP) is 5.22. The van der Waals surface area contributed by atoms with E-state index in [1.165, 1.54) is 0 Å². The summed E-state index contributed by atoms with van der Waals surface area (Å²) in [6.45, 7) is 5.93. The van der Waals surface area contributed by atoms with Gasteiger partial charge in [0.05, 0.1) is 23.0 Å². The van der Waals surface area contributed by atoms with Gasteiger partial charge >= 0.3 is 12.1 Å². The summed E-state index contributed by atoms with van der Waals surface area (Å²) in [5.41, 5.74) is 1.08. The first-order chi connectivity index (χ1) is 18.0. The van der Waals surface area contributed by atoms with Gasteiger partial charge in [0.1, 0.15) is 11.0 Å². The molecule has 0 radical (unpaired) electrons. The second-order valence-electron chi connectivity index (χ2n) is 11.1. The molecule has 2 atom stereocenters. The number of amides is 1. The molecule has 38 heavy (non-hydrogen) atoms. The number of rotatable bonds is 8. The number of hydrogen-bond acceptors (Lipinski definition) is 6. The van der Waals surface area contributed by atoms with Gasteiger partial charge in [0.2, 0.25) is 0 Å². The van der Waals surface area contributed by atoms with E-state index in [1.807, 2.05) is 61.5 Å². The van der Waals surface area contributed by atoms with E-state index in [0.29, 0.717) is 43.6 Å². The van der Waals surface area contributed by atoms with Crippen molar-refractivity contribution < 1.29 is 24.5 Å². The van der Waals surface area contributed by atoms with Gasteiger partial charge in [-0.2, -0.15) is 10.2 Å². The molecule has 198 valence electrons. The summed E-state index contributed by atoms with van der Waals surface area (Å²) in [5.74, 6) is -0.852. The highest BCUT2D eigenvalue weighted by Crippen LogP contribution is 2.47. The van der Waals surface area contributed by atoms with E-state index in [-0.39, 0.29) is 6.04 Å². The lowest BCUT2D eigenvalue weighted by molar-refractivity contribution is -0.140. The predicted molar refractivity (Wildman–Crippen MR) is 141 cm³/mol. The maximum Gasteiger partial charge on any atom is 0.411 e. The summed E-state index contributed by atoms with van der Waals surface area (Å²) in [7, 11) is 0. The second kappa shape index (κ2) is 9.51. The molecule has 1 aromatic heterocycles. The third kappa shape index (κ3) is 4.88. The molecule has 8 heteroatoms. The van der Waals surface area contributed by atoms with Crippen LogP contribution in [0, 0.1) is 0 Å². The van der Waals surface area contributed by atoms with Crippen LogP contribution in [0.25, 0.3) is 11.3 Å². The van der Waals surface area contributed by atoms with Crippen LogP contribution in [-0.4, -0.2) is 49.5 Å². The Labute approximate surface area is 222 Å². The highest BCUT2D eigenvalue weighted by Gasteiger charge is 2.53. The van der Waals surface area contributed by atoms with Crippen LogP contribution in [0.1, 0.15) is 69.3 Å². The summed E-state index contributed by atoms with van der Waals surface area (Å²) < 4.78 is 6.11. The van der Waals surface area contributed by atoms with E-state index in [1.54, 1.807) is 30.9 Å². The molecule has 8 nitrogen and oxygen atoms in total. The monoisotopic (exact) mass is 515 g/mol. The van der Waals surface area contributed by atoms with Gasteiger partial charge in [-0.05, 0) is 56.9 Å². The number of carboxylic acids is 1. The van der Waals surface area contributed by atoms with Crippen LogP contribution in [0.15, 0.2) is 66.7 Å². The maximum absolute atomic E-state index is 13.3. The van der Waals surface area contributed by atoms with E-state index in [9.17, 15) is 19.8 Å². The van der Waals surface area contributed by atoms with E-state index in [4.69, 9.17) is 4.74 Å². The number of benzene rings is 2. The number of carboxylic acid groups (broad SMARTS) is 1. The Bertz CT molecular complexity index is 1310. The molecule has 3 aromatic rings.